The Balaban J connectivity index is 0.000000200. The number of fused-ring (bicyclic) bond motifs is 1. The Hall–Kier alpha value is -2.53. The highest BCUT2D eigenvalue weighted by atomic mass is 19.1. The maximum atomic E-state index is 13.0. The molecule has 0 saturated heterocycles. The van der Waals surface area contributed by atoms with Crippen LogP contribution in [-0.2, 0) is 6.54 Å². The SMILES string of the molecule is CCC.Fc1cccc2ccccc12.NCc1nccc[n+]1[O-]. The molecule has 0 amide bonds. The van der Waals surface area contributed by atoms with Crippen molar-refractivity contribution in [3.63, 3.8) is 0 Å². The van der Waals surface area contributed by atoms with E-state index in [-0.39, 0.29) is 12.4 Å². The molecule has 0 saturated carbocycles. The topological polar surface area (TPSA) is 65.8 Å². The summed E-state index contributed by atoms with van der Waals surface area (Å²) in [5.74, 6) is 0.195. The van der Waals surface area contributed by atoms with E-state index in [0.29, 0.717) is 15.9 Å². The highest BCUT2D eigenvalue weighted by molar-refractivity contribution is 5.82. The van der Waals surface area contributed by atoms with Gasteiger partial charge in [0.15, 0.2) is 0 Å². The minimum Gasteiger partial charge on any atom is -0.711 e. The van der Waals surface area contributed by atoms with Crippen LogP contribution in [0.1, 0.15) is 26.1 Å². The first kappa shape index (κ1) is 18.5. The van der Waals surface area contributed by atoms with Crippen molar-refractivity contribution in [2.45, 2.75) is 26.8 Å². The van der Waals surface area contributed by atoms with Gasteiger partial charge < -0.3 is 10.9 Å². The highest BCUT2D eigenvalue weighted by Gasteiger charge is 1.99. The van der Waals surface area contributed by atoms with Crippen LogP contribution in [-0.4, -0.2) is 4.98 Å². The van der Waals surface area contributed by atoms with Gasteiger partial charge in [0.25, 0.3) is 0 Å². The summed E-state index contributed by atoms with van der Waals surface area (Å²) in [4.78, 5) is 3.72. The van der Waals surface area contributed by atoms with Gasteiger partial charge in [0, 0.05) is 11.5 Å². The molecule has 0 spiro atoms. The van der Waals surface area contributed by atoms with Gasteiger partial charge in [0.05, 0.1) is 6.20 Å². The minimum atomic E-state index is -0.150. The van der Waals surface area contributed by atoms with E-state index in [1.807, 2.05) is 24.3 Å². The van der Waals surface area contributed by atoms with Gasteiger partial charge in [-0.3, -0.25) is 0 Å². The zero-order chi connectivity index (χ0) is 17.1. The van der Waals surface area contributed by atoms with Crippen molar-refractivity contribution in [1.82, 2.24) is 4.98 Å². The first-order valence-corrected chi connectivity index (χ1v) is 7.50. The maximum Gasteiger partial charge on any atom is 0.314 e. The zero-order valence-electron chi connectivity index (χ0n) is 13.4. The predicted octanol–water partition coefficient (Wildman–Crippen LogP) is 3.57. The molecule has 122 valence electrons. The molecule has 23 heavy (non-hydrogen) atoms. The zero-order valence-corrected chi connectivity index (χ0v) is 13.4. The number of benzene rings is 2. The summed E-state index contributed by atoms with van der Waals surface area (Å²) >= 11 is 0. The summed E-state index contributed by atoms with van der Waals surface area (Å²) in [6.07, 6.45) is 4.16. The van der Waals surface area contributed by atoms with Crippen LogP contribution < -0.4 is 10.5 Å². The van der Waals surface area contributed by atoms with Crippen molar-refractivity contribution in [2.75, 3.05) is 0 Å². The van der Waals surface area contributed by atoms with E-state index in [4.69, 9.17) is 5.73 Å². The first-order valence-electron chi connectivity index (χ1n) is 7.50. The number of aromatic nitrogens is 2. The summed E-state index contributed by atoms with van der Waals surface area (Å²) in [5.41, 5.74) is 5.17. The van der Waals surface area contributed by atoms with Gasteiger partial charge in [-0.2, -0.15) is 0 Å². The summed E-state index contributed by atoms with van der Waals surface area (Å²) in [5, 5.41) is 12.3. The highest BCUT2D eigenvalue weighted by Crippen LogP contribution is 2.15. The molecule has 0 aliphatic heterocycles. The lowest BCUT2D eigenvalue weighted by Gasteiger charge is -2.00. The monoisotopic (exact) mass is 315 g/mol. The minimum absolute atomic E-state index is 0.150. The Labute approximate surface area is 136 Å². The fourth-order valence-electron chi connectivity index (χ4n) is 1.72. The summed E-state index contributed by atoms with van der Waals surface area (Å²) in [7, 11) is 0. The van der Waals surface area contributed by atoms with Crippen LogP contribution >= 0.6 is 0 Å². The number of nitrogens with zero attached hydrogens (tertiary/aromatic N) is 2. The molecule has 3 rings (SSSR count). The Morgan fingerprint density at radius 1 is 1.09 bits per heavy atom. The van der Waals surface area contributed by atoms with E-state index >= 15 is 0 Å². The Bertz CT molecular complexity index is 714. The van der Waals surface area contributed by atoms with Gasteiger partial charge in [-0.15, -0.1) is 0 Å². The number of rotatable bonds is 1. The molecule has 4 nitrogen and oxygen atoms in total. The van der Waals surface area contributed by atoms with Crippen LogP contribution in [0, 0.1) is 11.0 Å². The number of hydrogen-bond donors (Lipinski definition) is 1. The molecule has 3 aromatic rings. The van der Waals surface area contributed by atoms with E-state index in [2.05, 4.69) is 18.8 Å². The Morgan fingerprint density at radius 3 is 2.30 bits per heavy atom. The maximum absolute atomic E-state index is 13.0. The van der Waals surface area contributed by atoms with Gasteiger partial charge >= 0.3 is 5.82 Å². The van der Waals surface area contributed by atoms with E-state index in [9.17, 15) is 9.60 Å². The quantitative estimate of drug-likeness (QED) is 0.551. The first-order chi connectivity index (χ1) is 11.1. The van der Waals surface area contributed by atoms with Crippen molar-refractivity contribution in [1.29, 1.82) is 0 Å². The van der Waals surface area contributed by atoms with Crippen LogP contribution in [0.5, 0.6) is 0 Å². The van der Waals surface area contributed by atoms with Gasteiger partial charge in [0.1, 0.15) is 18.6 Å². The summed E-state index contributed by atoms with van der Waals surface area (Å²) in [6, 6.07) is 14.1. The lowest BCUT2D eigenvalue weighted by atomic mass is 10.1. The van der Waals surface area contributed by atoms with E-state index in [1.54, 1.807) is 18.2 Å². The average molecular weight is 315 g/mol. The number of hydrogen-bond acceptors (Lipinski definition) is 3. The molecule has 0 aliphatic carbocycles. The third-order valence-electron chi connectivity index (χ3n) is 2.70. The molecule has 0 fully saturated rings. The van der Waals surface area contributed by atoms with E-state index in [1.165, 1.54) is 24.9 Å². The summed E-state index contributed by atoms with van der Waals surface area (Å²) in [6.45, 7) is 4.43. The van der Waals surface area contributed by atoms with Crippen molar-refractivity contribution >= 4 is 10.8 Å². The standard InChI is InChI=1S/C10H7F.C5H7N3O.C3H8/c11-10-7-3-5-8-4-1-2-6-9(8)10;6-4-5-7-2-1-3-8(5)9;1-3-2/h1-7H;1-3H,4,6H2;3H2,1-2H3. The second kappa shape index (κ2) is 10.2. The third kappa shape index (κ3) is 6.00. The van der Waals surface area contributed by atoms with Crippen molar-refractivity contribution in [3.05, 3.63) is 77.8 Å². The lowest BCUT2D eigenvalue weighted by molar-refractivity contribution is -0.617. The molecule has 0 bridgehead atoms. The van der Waals surface area contributed by atoms with Crippen LogP contribution in [0.15, 0.2) is 60.9 Å². The van der Waals surface area contributed by atoms with E-state index < -0.39 is 0 Å². The normalized spacial score (nSPS) is 9.39. The van der Waals surface area contributed by atoms with Crippen LogP contribution in [0.25, 0.3) is 10.8 Å². The molecule has 0 unspecified atom stereocenters. The molecule has 2 aromatic carbocycles. The average Bonchev–Trinajstić information content (AvgIpc) is 2.57. The fourth-order valence-corrected chi connectivity index (χ4v) is 1.72. The third-order valence-corrected chi connectivity index (χ3v) is 2.70. The van der Waals surface area contributed by atoms with Crippen LogP contribution in [0.2, 0.25) is 0 Å². The second-order valence-electron chi connectivity index (χ2n) is 4.73. The van der Waals surface area contributed by atoms with Crippen LogP contribution in [0.4, 0.5) is 4.39 Å². The predicted molar refractivity (Wildman–Crippen MR) is 91.0 cm³/mol. The molecular formula is C18H22FN3O. The molecule has 2 N–H and O–H groups in total. The molecule has 0 atom stereocenters. The molecule has 1 aromatic heterocycles. The Kier molecular flexibility index (Phi) is 8.24. The Morgan fingerprint density at radius 2 is 1.74 bits per heavy atom. The van der Waals surface area contributed by atoms with Crippen LogP contribution in [0.3, 0.4) is 0 Å². The smallest absolute Gasteiger partial charge is 0.314 e. The van der Waals surface area contributed by atoms with Gasteiger partial charge in [-0.25, -0.2) is 9.12 Å². The fraction of sp³-hybridized carbons (Fsp3) is 0.222. The summed E-state index contributed by atoms with van der Waals surface area (Å²) < 4.78 is 13.6. The molecule has 5 heteroatoms. The second-order valence-corrected chi connectivity index (χ2v) is 4.73. The molecular weight excluding hydrogens is 293 g/mol. The molecule has 0 aliphatic rings. The van der Waals surface area contributed by atoms with Gasteiger partial charge in [0.2, 0.25) is 0 Å². The lowest BCUT2D eigenvalue weighted by Crippen LogP contribution is -2.33. The molecule has 0 radical (unpaired) electrons. The number of nitrogens with two attached hydrogens (primary N) is 1. The van der Waals surface area contributed by atoms with Crippen molar-refractivity contribution in [3.8, 4) is 0 Å². The van der Waals surface area contributed by atoms with Gasteiger partial charge in [-0.05, 0) is 11.5 Å². The molecule has 1 heterocycles. The van der Waals surface area contributed by atoms with Gasteiger partial charge in [-0.1, -0.05) is 61.7 Å². The van der Waals surface area contributed by atoms with E-state index in [0.717, 1.165) is 5.39 Å². The van der Waals surface area contributed by atoms with Crippen molar-refractivity contribution < 1.29 is 9.12 Å². The van der Waals surface area contributed by atoms with Crippen molar-refractivity contribution in [2.24, 2.45) is 5.73 Å². The largest absolute Gasteiger partial charge is 0.711 e. The number of halogens is 1.